The number of para-hydroxylation sites is 1. The molecule has 3 N–H and O–H groups in total. The van der Waals surface area contributed by atoms with Crippen molar-refractivity contribution in [3.05, 3.63) is 106 Å². The van der Waals surface area contributed by atoms with Gasteiger partial charge in [0.15, 0.2) is 0 Å². The Labute approximate surface area is 266 Å². The number of carbonyl (C=O) groups is 2. The summed E-state index contributed by atoms with van der Waals surface area (Å²) in [6, 6.07) is 17.6. The molecule has 12 heteroatoms. The molecule has 230 valence electrons. The molecule has 2 aromatic carbocycles. The molecule has 0 saturated carbocycles. The van der Waals surface area contributed by atoms with Gasteiger partial charge in [0.1, 0.15) is 11.6 Å². The van der Waals surface area contributed by atoms with Crippen LogP contribution in [-0.2, 0) is 11.3 Å². The van der Waals surface area contributed by atoms with Crippen molar-refractivity contribution in [1.29, 1.82) is 0 Å². The second-order valence-electron chi connectivity index (χ2n) is 10.5. The monoisotopic (exact) mass is 637 g/mol. The van der Waals surface area contributed by atoms with Crippen LogP contribution < -0.4 is 16.2 Å². The number of aromatic hydroxyl groups is 1. The highest BCUT2D eigenvalue weighted by atomic mass is 35.5. The van der Waals surface area contributed by atoms with Crippen LogP contribution in [0.25, 0.3) is 11.1 Å². The number of morpholine rings is 1. The molecule has 2 atom stereocenters. The first kappa shape index (κ1) is 32.7. The van der Waals surface area contributed by atoms with Gasteiger partial charge in [0, 0.05) is 49.7 Å². The molecular weight excluding hydrogens is 605 g/mol. The first-order valence-corrected chi connectivity index (χ1v) is 14.3. The second-order valence-corrected chi connectivity index (χ2v) is 10.9. The molecule has 3 heterocycles. The summed E-state index contributed by atoms with van der Waals surface area (Å²) in [5.41, 5.74) is 1.36. The van der Waals surface area contributed by atoms with Gasteiger partial charge in [-0.05, 0) is 67.9 Å². The second kappa shape index (κ2) is 14.5. The third-order valence-corrected chi connectivity index (χ3v) is 7.35. The molecule has 0 spiro atoms. The van der Waals surface area contributed by atoms with E-state index in [1.54, 1.807) is 47.2 Å². The van der Waals surface area contributed by atoms with Crippen LogP contribution in [-0.4, -0.2) is 63.2 Å². The Morgan fingerprint density at radius 3 is 2.36 bits per heavy atom. The van der Waals surface area contributed by atoms with Crippen LogP contribution in [0.5, 0.6) is 5.75 Å². The van der Waals surface area contributed by atoms with Gasteiger partial charge in [-0.25, -0.2) is 4.98 Å². The highest BCUT2D eigenvalue weighted by molar-refractivity contribution is 6.30. The lowest BCUT2D eigenvalue weighted by atomic mass is 10.0. The summed E-state index contributed by atoms with van der Waals surface area (Å²) >= 11 is 5.86. The van der Waals surface area contributed by atoms with Gasteiger partial charge in [-0.15, -0.1) is 12.4 Å². The minimum absolute atomic E-state index is 0. The number of amides is 2. The SMILES string of the molecule is CC1CN(CCn2cccc(-c3ccc(C(=O)Nc4c(O)cccc4C(=O)Nc4ccc(Cl)cn4)cc3)c2=O)CC(C)O1.Cl. The molecule has 10 nitrogen and oxygen atoms in total. The number of aromatic nitrogens is 2. The maximum atomic E-state index is 13.3. The minimum Gasteiger partial charge on any atom is -0.506 e. The van der Waals surface area contributed by atoms with Crippen molar-refractivity contribution in [2.75, 3.05) is 30.3 Å². The van der Waals surface area contributed by atoms with E-state index in [2.05, 4.69) is 34.4 Å². The van der Waals surface area contributed by atoms with Crippen LogP contribution in [0.15, 0.2) is 83.9 Å². The van der Waals surface area contributed by atoms with Gasteiger partial charge < -0.3 is 25.0 Å². The number of nitrogens with one attached hydrogen (secondary N) is 2. The molecule has 1 aliphatic heterocycles. The maximum Gasteiger partial charge on any atom is 0.259 e. The van der Waals surface area contributed by atoms with Crippen molar-refractivity contribution in [2.24, 2.45) is 0 Å². The number of hydrogen-bond donors (Lipinski definition) is 3. The molecule has 4 aromatic rings. The van der Waals surface area contributed by atoms with E-state index in [0.717, 1.165) is 19.6 Å². The van der Waals surface area contributed by atoms with Crippen LogP contribution in [0.4, 0.5) is 11.5 Å². The molecule has 2 unspecified atom stereocenters. The van der Waals surface area contributed by atoms with E-state index in [1.807, 2.05) is 6.07 Å². The molecule has 44 heavy (non-hydrogen) atoms. The summed E-state index contributed by atoms with van der Waals surface area (Å²) in [5.74, 6) is -1.12. The number of phenols is 1. The quantitative estimate of drug-likeness (QED) is 0.224. The Bertz CT molecular complexity index is 1670. The average molecular weight is 639 g/mol. The Hall–Kier alpha value is -4.22. The summed E-state index contributed by atoms with van der Waals surface area (Å²) in [7, 11) is 0. The number of hydrogen-bond acceptors (Lipinski definition) is 7. The first-order chi connectivity index (χ1) is 20.7. The van der Waals surface area contributed by atoms with Gasteiger partial charge in [-0.1, -0.05) is 29.8 Å². The van der Waals surface area contributed by atoms with Crippen molar-refractivity contribution in [2.45, 2.75) is 32.6 Å². The lowest BCUT2D eigenvalue weighted by Crippen LogP contribution is -2.46. The number of benzene rings is 2. The topological polar surface area (TPSA) is 126 Å². The summed E-state index contributed by atoms with van der Waals surface area (Å²) in [6.07, 6.45) is 3.49. The lowest BCUT2D eigenvalue weighted by Gasteiger charge is -2.35. The largest absolute Gasteiger partial charge is 0.506 e. The number of anilines is 2. The summed E-state index contributed by atoms with van der Waals surface area (Å²) in [4.78, 5) is 45.7. The minimum atomic E-state index is -0.575. The Kier molecular flexibility index (Phi) is 10.8. The number of pyridine rings is 2. The third kappa shape index (κ3) is 7.83. The fraction of sp³-hybridized carbons (Fsp3) is 0.250. The van der Waals surface area contributed by atoms with Gasteiger partial charge in [0.05, 0.1) is 28.5 Å². The van der Waals surface area contributed by atoms with Gasteiger partial charge in [-0.3, -0.25) is 19.3 Å². The summed E-state index contributed by atoms with van der Waals surface area (Å²) in [5, 5.41) is 16.1. The molecule has 1 aliphatic rings. The van der Waals surface area contributed by atoms with E-state index in [-0.39, 0.29) is 58.6 Å². The van der Waals surface area contributed by atoms with Crippen molar-refractivity contribution < 1.29 is 19.4 Å². The molecule has 2 aromatic heterocycles. The number of carbonyl (C=O) groups excluding carboxylic acids is 2. The molecule has 2 amide bonds. The third-order valence-electron chi connectivity index (χ3n) is 7.13. The fourth-order valence-electron chi connectivity index (χ4n) is 5.13. The van der Waals surface area contributed by atoms with E-state index in [1.165, 1.54) is 30.5 Å². The maximum absolute atomic E-state index is 13.3. The van der Waals surface area contributed by atoms with Gasteiger partial charge >= 0.3 is 0 Å². The highest BCUT2D eigenvalue weighted by Crippen LogP contribution is 2.29. The van der Waals surface area contributed by atoms with E-state index in [0.29, 0.717) is 22.7 Å². The van der Waals surface area contributed by atoms with Gasteiger partial charge in [0.25, 0.3) is 17.4 Å². The summed E-state index contributed by atoms with van der Waals surface area (Å²) in [6.45, 7) is 7.06. The van der Waals surface area contributed by atoms with Crippen molar-refractivity contribution in [1.82, 2.24) is 14.5 Å². The molecule has 1 fully saturated rings. The number of rotatable bonds is 8. The molecule has 0 bridgehead atoms. The number of ether oxygens (including phenoxy) is 1. The van der Waals surface area contributed by atoms with Gasteiger partial charge in [-0.2, -0.15) is 0 Å². The molecule has 5 rings (SSSR count). The Morgan fingerprint density at radius 1 is 0.955 bits per heavy atom. The smallest absolute Gasteiger partial charge is 0.259 e. The van der Waals surface area contributed by atoms with E-state index in [9.17, 15) is 19.5 Å². The Balaban J connectivity index is 0.00000442. The Morgan fingerprint density at radius 2 is 1.68 bits per heavy atom. The van der Waals surface area contributed by atoms with Crippen molar-refractivity contribution in [3.63, 3.8) is 0 Å². The van der Waals surface area contributed by atoms with Crippen molar-refractivity contribution >= 4 is 47.3 Å². The van der Waals surface area contributed by atoms with Crippen molar-refractivity contribution in [3.8, 4) is 16.9 Å². The zero-order chi connectivity index (χ0) is 30.5. The zero-order valence-electron chi connectivity index (χ0n) is 24.2. The molecule has 0 radical (unpaired) electrons. The van der Waals surface area contributed by atoms with E-state index >= 15 is 0 Å². The van der Waals surface area contributed by atoms with Gasteiger partial charge in [0.2, 0.25) is 0 Å². The average Bonchev–Trinajstić information content (AvgIpc) is 2.98. The zero-order valence-corrected chi connectivity index (χ0v) is 25.8. The van der Waals surface area contributed by atoms with Crippen LogP contribution in [0.2, 0.25) is 5.02 Å². The number of halogens is 2. The van der Waals surface area contributed by atoms with E-state index in [4.69, 9.17) is 16.3 Å². The predicted molar refractivity (Wildman–Crippen MR) is 173 cm³/mol. The fourth-order valence-corrected chi connectivity index (χ4v) is 5.24. The van der Waals surface area contributed by atoms with Crippen LogP contribution in [0, 0.1) is 0 Å². The van der Waals surface area contributed by atoms with Crippen LogP contribution in [0.1, 0.15) is 34.6 Å². The summed E-state index contributed by atoms with van der Waals surface area (Å²) < 4.78 is 7.50. The number of nitrogens with zero attached hydrogens (tertiary/aromatic N) is 3. The van der Waals surface area contributed by atoms with Crippen LogP contribution in [0.3, 0.4) is 0 Å². The predicted octanol–water partition coefficient (Wildman–Crippen LogP) is 5.30. The lowest BCUT2D eigenvalue weighted by molar-refractivity contribution is -0.0686. The molecular formula is C32H33Cl2N5O5. The van der Waals surface area contributed by atoms with Crippen LogP contribution >= 0.6 is 24.0 Å². The molecule has 1 saturated heterocycles. The highest BCUT2D eigenvalue weighted by Gasteiger charge is 2.22. The standard InChI is InChI=1S/C32H32ClN5O5.ClH/c1-20-18-37(19-21(2)43-20)15-16-38-14-4-6-25(32(38)42)22-8-10-23(11-9-22)30(40)36-29-26(5-3-7-27(29)39)31(41)35-28-13-12-24(33)17-34-28;/h3-14,17,20-21,39H,15-16,18-19H2,1-2H3,(H,36,40)(H,34,35,41);1H. The molecule has 0 aliphatic carbocycles. The first-order valence-electron chi connectivity index (χ1n) is 13.9. The van der Waals surface area contributed by atoms with E-state index < -0.39 is 11.8 Å². The number of phenolic OH excluding ortho intramolecular Hbond substituents is 1. The normalized spacial score (nSPS) is 16.5.